The van der Waals surface area contributed by atoms with Crippen LogP contribution >= 0.6 is 0 Å². The molecule has 2 aromatic carbocycles. The van der Waals surface area contributed by atoms with Gasteiger partial charge in [-0.2, -0.15) is 0 Å². The van der Waals surface area contributed by atoms with E-state index in [1.54, 1.807) is 0 Å². The summed E-state index contributed by atoms with van der Waals surface area (Å²) in [4.78, 5) is 13.4. The van der Waals surface area contributed by atoms with Crippen LogP contribution in [0.1, 0.15) is 38.3 Å². The Hall–Kier alpha value is -2.37. The molecule has 5 nitrogen and oxygen atoms in total. The minimum atomic E-state index is -1.04. The predicted molar refractivity (Wildman–Crippen MR) is 112 cm³/mol. The predicted octanol–water partition coefficient (Wildman–Crippen LogP) is 3.70. The summed E-state index contributed by atoms with van der Waals surface area (Å²) < 4.78 is 0. The molecule has 1 amide bonds. The summed E-state index contributed by atoms with van der Waals surface area (Å²) in [5, 5.41) is 20.9. The van der Waals surface area contributed by atoms with E-state index in [4.69, 9.17) is 5.73 Å². The smallest absolute Gasteiger partial charge is 0.408 e. The van der Waals surface area contributed by atoms with Crippen molar-refractivity contribution in [1.82, 2.24) is 4.90 Å². The first-order valence-electron chi connectivity index (χ1n) is 9.72. The molecule has 0 aromatic heterocycles. The lowest BCUT2D eigenvalue weighted by Gasteiger charge is -2.42. The maximum Gasteiger partial charge on any atom is 0.408 e. The van der Waals surface area contributed by atoms with E-state index in [1.165, 1.54) is 4.90 Å². The van der Waals surface area contributed by atoms with E-state index in [0.717, 1.165) is 11.1 Å². The molecule has 0 bridgehead atoms. The number of aliphatic hydroxyl groups excluding tert-OH is 1. The number of carboxylic acid groups (broad SMARTS) is 1. The second kappa shape index (κ2) is 9.71. The summed E-state index contributed by atoms with van der Waals surface area (Å²) >= 11 is 0. The molecule has 5 heteroatoms. The van der Waals surface area contributed by atoms with Gasteiger partial charge in [-0.15, -0.1) is 0 Å². The first kappa shape index (κ1) is 21.9. The Balaban J connectivity index is 2.20. The van der Waals surface area contributed by atoms with Gasteiger partial charge in [-0.3, -0.25) is 4.90 Å². The molecule has 0 aliphatic carbocycles. The van der Waals surface area contributed by atoms with Gasteiger partial charge < -0.3 is 15.9 Å². The van der Waals surface area contributed by atoms with E-state index in [1.807, 2.05) is 81.4 Å². The number of nitrogens with zero attached hydrogens (tertiary/aromatic N) is 1. The van der Waals surface area contributed by atoms with Gasteiger partial charge in [0.2, 0.25) is 0 Å². The number of hydrogen-bond donors (Lipinski definition) is 3. The standard InChI is InChI=1S/C23H32N2O3/c1-23(2,3)25(22(27)28)20(15-18-12-8-5-9-13-18)21(26)16-19(24)14-17-10-6-4-7-11-17/h4-13,19-21,26H,14-16,24H2,1-3H3,(H,27,28)/t19-,20-,21-/m0/s1. The average molecular weight is 385 g/mol. The SMILES string of the molecule is CC(C)(C)N(C(=O)O)[C@@H](Cc1ccccc1)[C@@H](O)C[C@@H](N)Cc1ccccc1. The van der Waals surface area contributed by atoms with Crippen LogP contribution in [0.4, 0.5) is 4.79 Å². The number of carbonyl (C=O) groups is 1. The minimum Gasteiger partial charge on any atom is -0.465 e. The molecular formula is C23H32N2O3. The van der Waals surface area contributed by atoms with Gasteiger partial charge in [-0.25, -0.2) is 4.79 Å². The lowest BCUT2D eigenvalue weighted by molar-refractivity contribution is 0.00174. The fraction of sp³-hybridized carbons (Fsp3) is 0.435. The van der Waals surface area contributed by atoms with Crippen LogP contribution in [-0.2, 0) is 12.8 Å². The Morgan fingerprint density at radius 3 is 1.86 bits per heavy atom. The van der Waals surface area contributed by atoms with Crippen molar-refractivity contribution in [3.63, 3.8) is 0 Å². The molecule has 0 radical (unpaired) electrons. The van der Waals surface area contributed by atoms with Crippen molar-refractivity contribution < 1.29 is 15.0 Å². The highest BCUT2D eigenvalue weighted by atomic mass is 16.4. The normalized spacial score (nSPS) is 14.9. The fourth-order valence-corrected chi connectivity index (χ4v) is 3.65. The average Bonchev–Trinajstić information content (AvgIpc) is 2.61. The van der Waals surface area contributed by atoms with E-state index < -0.39 is 23.8 Å². The quantitative estimate of drug-likeness (QED) is 0.648. The summed E-state index contributed by atoms with van der Waals surface area (Å²) in [6, 6.07) is 18.7. The zero-order valence-electron chi connectivity index (χ0n) is 17.0. The number of nitrogens with two attached hydrogens (primary N) is 1. The summed E-state index contributed by atoms with van der Waals surface area (Å²) in [5.74, 6) is 0. The Morgan fingerprint density at radius 2 is 1.43 bits per heavy atom. The van der Waals surface area contributed by atoms with Crippen LogP contribution in [0.3, 0.4) is 0 Å². The molecule has 0 unspecified atom stereocenters. The van der Waals surface area contributed by atoms with Crippen molar-refractivity contribution in [2.24, 2.45) is 5.73 Å². The molecule has 2 aromatic rings. The van der Waals surface area contributed by atoms with Crippen molar-refractivity contribution in [3.8, 4) is 0 Å². The van der Waals surface area contributed by atoms with Crippen LogP contribution in [0, 0.1) is 0 Å². The second-order valence-electron chi connectivity index (χ2n) is 8.33. The van der Waals surface area contributed by atoms with Gasteiger partial charge in [-0.1, -0.05) is 60.7 Å². The van der Waals surface area contributed by atoms with Crippen LogP contribution in [0.15, 0.2) is 60.7 Å². The Bertz CT molecular complexity index is 729. The summed E-state index contributed by atoms with van der Waals surface area (Å²) in [6.07, 6.45) is -0.507. The molecule has 152 valence electrons. The van der Waals surface area contributed by atoms with E-state index in [9.17, 15) is 15.0 Å². The summed E-state index contributed by atoms with van der Waals surface area (Å²) in [7, 11) is 0. The zero-order chi connectivity index (χ0) is 20.7. The number of rotatable bonds is 8. The first-order chi connectivity index (χ1) is 13.2. The summed E-state index contributed by atoms with van der Waals surface area (Å²) in [6.45, 7) is 5.53. The number of amides is 1. The van der Waals surface area contributed by atoms with Crippen molar-refractivity contribution in [3.05, 3.63) is 71.8 Å². The molecule has 0 spiro atoms. The van der Waals surface area contributed by atoms with Gasteiger partial charge in [0.05, 0.1) is 12.1 Å². The summed E-state index contributed by atoms with van der Waals surface area (Å²) in [5.41, 5.74) is 7.74. The van der Waals surface area contributed by atoms with E-state index >= 15 is 0 Å². The van der Waals surface area contributed by atoms with Crippen molar-refractivity contribution >= 4 is 6.09 Å². The molecule has 4 N–H and O–H groups in total. The molecule has 0 aliphatic heterocycles. The fourth-order valence-electron chi connectivity index (χ4n) is 3.65. The van der Waals surface area contributed by atoms with Gasteiger partial charge in [0.15, 0.2) is 0 Å². The third-order valence-corrected chi connectivity index (χ3v) is 4.88. The Morgan fingerprint density at radius 1 is 0.964 bits per heavy atom. The number of benzene rings is 2. The zero-order valence-corrected chi connectivity index (χ0v) is 17.0. The first-order valence-corrected chi connectivity index (χ1v) is 9.72. The third-order valence-electron chi connectivity index (χ3n) is 4.88. The number of aliphatic hydroxyl groups is 1. The van der Waals surface area contributed by atoms with E-state index in [2.05, 4.69) is 0 Å². The lowest BCUT2D eigenvalue weighted by Crippen LogP contribution is -2.57. The minimum absolute atomic E-state index is 0.258. The van der Waals surface area contributed by atoms with Gasteiger partial charge in [0.1, 0.15) is 0 Å². The molecular weight excluding hydrogens is 352 g/mol. The molecule has 0 saturated carbocycles. The largest absolute Gasteiger partial charge is 0.465 e. The molecule has 0 heterocycles. The van der Waals surface area contributed by atoms with Crippen molar-refractivity contribution in [2.75, 3.05) is 0 Å². The molecule has 2 rings (SSSR count). The van der Waals surface area contributed by atoms with Crippen LogP contribution < -0.4 is 5.73 Å². The van der Waals surface area contributed by atoms with Crippen molar-refractivity contribution in [2.45, 2.75) is 63.8 Å². The highest BCUT2D eigenvalue weighted by Crippen LogP contribution is 2.24. The van der Waals surface area contributed by atoms with Gasteiger partial charge in [0.25, 0.3) is 0 Å². The molecule has 0 aliphatic rings. The van der Waals surface area contributed by atoms with Crippen LogP contribution in [0.5, 0.6) is 0 Å². The van der Waals surface area contributed by atoms with Gasteiger partial charge >= 0.3 is 6.09 Å². The molecule has 0 saturated heterocycles. The second-order valence-corrected chi connectivity index (χ2v) is 8.33. The van der Waals surface area contributed by atoms with Crippen molar-refractivity contribution in [1.29, 1.82) is 0 Å². The number of hydrogen-bond acceptors (Lipinski definition) is 3. The van der Waals surface area contributed by atoms with E-state index in [0.29, 0.717) is 19.3 Å². The Kier molecular flexibility index (Phi) is 7.61. The maximum atomic E-state index is 12.0. The Labute approximate surface area is 167 Å². The third kappa shape index (κ3) is 6.36. The topological polar surface area (TPSA) is 86.8 Å². The van der Waals surface area contributed by atoms with Crippen LogP contribution in [0.2, 0.25) is 0 Å². The van der Waals surface area contributed by atoms with Crippen LogP contribution in [-0.4, -0.2) is 44.9 Å². The highest BCUT2D eigenvalue weighted by molar-refractivity contribution is 5.66. The van der Waals surface area contributed by atoms with Gasteiger partial charge in [0, 0.05) is 11.6 Å². The highest BCUT2D eigenvalue weighted by Gasteiger charge is 2.37. The molecule has 0 fully saturated rings. The molecule has 3 atom stereocenters. The maximum absolute atomic E-state index is 12.0. The van der Waals surface area contributed by atoms with E-state index in [-0.39, 0.29) is 6.04 Å². The lowest BCUT2D eigenvalue weighted by atomic mass is 9.90. The molecule has 28 heavy (non-hydrogen) atoms. The monoisotopic (exact) mass is 384 g/mol. The van der Waals surface area contributed by atoms with Gasteiger partial charge in [-0.05, 0) is 51.2 Å². The van der Waals surface area contributed by atoms with Crippen LogP contribution in [0.25, 0.3) is 0 Å².